The van der Waals surface area contributed by atoms with Gasteiger partial charge in [0.05, 0.1) is 6.61 Å². The SMILES string of the molecule is CC1(C)CC(/C=C/c2cc3c4c(c2OCCCCCCO[Si](C)(C)C(C)(C)C)C(C)(C)CCN4CCC3(C)C)=CC(=C/C=C/C2=C(C#N)C(=C(C#N)C#N)OC2(C)C)/C1. The lowest BCUT2D eigenvalue weighted by Crippen LogP contribution is -2.45. The summed E-state index contributed by atoms with van der Waals surface area (Å²) in [7, 11) is -1.72. The van der Waals surface area contributed by atoms with Crippen LogP contribution >= 0.6 is 0 Å². The number of allylic oxidation sites excluding steroid dienone is 8. The van der Waals surface area contributed by atoms with Crippen LogP contribution in [0.3, 0.4) is 0 Å². The smallest absolute Gasteiger partial charge is 0.191 e. The molecule has 1 aliphatic carbocycles. The molecule has 4 aliphatic rings. The van der Waals surface area contributed by atoms with Crippen molar-refractivity contribution in [2.24, 2.45) is 5.41 Å². The molecule has 59 heavy (non-hydrogen) atoms. The Labute approximate surface area is 357 Å². The molecule has 3 aliphatic heterocycles. The maximum atomic E-state index is 10.00. The summed E-state index contributed by atoms with van der Waals surface area (Å²) in [6.45, 7) is 33.2. The summed E-state index contributed by atoms with van der Waals surface area (Å²) >= 11 is 0. The Morgan fingerprint density at radius 3 is 2.14 bits per heavy atom. The van der Waals surface area contributed by atoms with Crippen LogP contribution in [0, 0.1) is 39.4 Å². The van der Waals surface area contributed by atoms with Gasteiger partial charge in [0, 0.05) is 42.1 Å². The Kier molecular flexibility index (Phi) is 13.5. The van der Waals surface area contributed by atoms with E-state index in [1.54, 1.807) is 0 Å². The molecule has 7 nitrogen and oxygen atoms in total. The van der Waals surface area contributed by atoms with Gasteiger partial charge >= 0.3 is 0 Å². The lowest BCUT2D eigenvalue weighted by Gasteiger charge is -2.49. The van der Waals surface area contributed by atoms with E-state index in [0.29, 0.717) is 12.2 Å². The molecular formula is C51H70N4O3Si. The Hall–Kier alpha value is -4.29. The standard InChI is InChI=1S/C51H70N4O3Si/c1-47(2,3)59(12,13)57-28-17-15-14-16-27-56-46-38(30-42-44-43(46)50(8,9)24-26-55(44)25-23-49(42,6)7)22-21-37-29-36(31-48(4,5)32-37)19-18-20-41-40(35-54)45(39(33-52)34-53)58-51(41,10)11/h18-22,29-30H,14-17,23-28,31-32H2,1-13H3/b20-18+,22-21+,36-19-. The number of hydrogen-bond donors (Lipinski definition) is 0. The fourth-order valence-electron chi connectivity index (χ4n) is 8.80. The van der Waals surface area contributed by atoms with Crippen LogP contribution in [0.25, 0.3) is 6.08 Å². The minimum Gasteiger partial charge on any atom is -0.493 e. The van der Waals surface area contributed by atoms with Gasteiger partial charge in [-0.3, -0.25) is 0 Å². The third-order valence-corrected chi connectivity index (χ3v) is 18.0. The predicted octanol–water partition coefficient (Wildman–Crippen LogP) is 13.0. The van der Waals surface area contributed by atoms with Gasteiger partial charge in [-0.15, -0.1) is 0 Å². The molecule has 0 N–H and O–H groups in total. The quantitative estimate of drug-likeness (QED) is 0.111. The van der Waals surface area contributed by atoms with E-state index in [0.717, 1.165) is 76.8 Å². The Bertz CT molecular complexity index is 2090. The second kappa shape index (κ2) is 17.4. The van der Waals surface area contributed by atoms with Crippen molar-refractivity contribution < 1.29 is 13.9 Å². The number of nitriles is 3. The molecule has 0 fully saturated rings. The number of hydrogen-bond acceptors (Lipinski definition) is 7. The highest BCUT2D eigenvalue weighted by Crippen LogP contribution is 2.54. The van der Waals surface area contributed by atoms with E-state index in [-0.39, 0.29) is 38.2 Å². The van der Waals surface area contributed by atoms with Crippen LogP contribution in [0.4, 0.5) is 5.69 Å². The molecule has 3 heterocycles. The molecule has 0 amide bonds. The topological polar surface area (TPSA) is 102 Å². The zero-order chi connectivity index (χ0) is 43.6. The first-order valence-electron chi connectivity index (χ1n) is 21.9. The van der Waals surface area contributed by atoms with Crippen molar-refractivity contribution >= 4 is 20.1 Å². The van der Waals surface area contributed by atoms with Gasteiger partial charge in [0.1, 0.15) is 35.1 Å². The van der Waals surface area contributed by atoms with Gasteiger partial charge in [0.25, 0.3) is 0 Å². The second-order valence-corrected chi connectivity index (χ2v) is 26.1. The van der Waals surface area contributed by atoms with Crippen molar-refractivity contribution in [3.8, 4) is 24.0 Å². The predicted molar refractivity (Wildman–Crippen MR) is 244 cm³/mol. The van der Waals surface area contributed by atoms with Crippen molar-refractivity contribution in [1.29, 1.82) is 15.8 Å². The van der Waals surface area contributed by atoms with Crippen molar-refractivity contribution in [3.63, 3.8) is 0 Å². The van der Waals surface area contributed by atoms with Crippen LogP contribution in [-0.4, -0.2) is 40.2 Å². The molecular weight excluding hydrogens is 745 g/mol. The Morgan fingerprint density at radius 1 is 0.864 bits per heavy atom. The highest BCUT2D eigenvalue weighted by atomic mass is 28.4. The summed E-state index contributed by atoms with van der Waals surface area (Å²) in [6.07, 6.45) is 21.3. The van der Waals surface area contributed by atoms with Gasteiger partial charge < -0.3 is 18.8 Å². The van der Waals surface area contributed by atoms with E-state index < -0.39 is 13.9 Å². The fourth-order valence-corrected chi connectivity index (χ4v) is 9.88. The summed E-state index contributed by atoms with van der Waals surface area (Å²) in [5, 5.41) is 29.2. The minimum atomic E-state index is -1.72. The molecule has 0 bridgehead atoms. The normalized spacial score (nSPS) is 21.2. The second-order valence-electron chi connectivity index (χ2n) is 21.3. The lowest BCUT2D eigenvalue weighted by atomic mass is 9.68. The average molecular weight is 815 g/mol. The Balaban J connectivity index is 1.44. The molecule has 8 heteroatoms. The van der Waals surface area contributed by atoms with Crippen LogP contribution in [0.15, 0.2) is 70.1 Å². The van der Waals surface area contributed by atoms with E-state index >= 15 is 0 Å². The summed E-state index contributed by atoms with van der Waals surface area (Å²) in [4.78, 5) is 2.62. The summed E-state index contributed by atoms with van der Waals surface area (Å²) < 4.78 is 19.4. The molecule has 316 valence electrons. The van der Waals surface area contributed by atoms with E-state index in [1.807, 2.05) is 38.1 Å². The van der Waals surface area contributed by atoms with Crippen LogP contribution in [0.2, 0.25) is 18.1 Å². The van der Waals surface area contributed by atoms with Crippen LogP contribution in [0.1, 0.15) is 144 Å². The van der Waals surface area contributed by atoms with Gasteiger partial charge in [-0.05, 0) is 116 Å². The summed E-state index contributed by atoms with van der Waals surface area (Å²) in [5.74, 6) is 1.11. The molecule has 0 saturated heterocycles. The average Bonchev–Trinajstić information content (AvgIpc) is 3.39. The number of rotatable bonds is 13. The van der Waals surface area contributed by atoms with Gasteiger partial charge in [-0.1, -0.05) is 105 Å². The maximum Gasteiger partial charge on any atom is 0.191 e. The highest BCUT2D eigenvalue weighted by Gasteiger charge is 2.43. The number of anilines is 1. The van der Waals surface area contributed by atoms with Crippen LogP contribution < -0.4 is 9.64 Å². The van der Waals surface area contributed by atoms with Crippen LogP contribution in [0.5, 0.6) is 5.75 Å². The molecule has 1 aromatic rings. The molecule has 0 unspecified atom stereocenters. The zero-order valence-corrected chi connectivity index (χ0v) is 39.5. The molecule has 5 rings (SSSR count). The van der Waals surface area contributed by atoms with Crippen molar-refractivity contribution in [2.45, 2.75) is 162 Å². The number of benzene rings is 1. The molecule has 0 spiro atoms. The molecule has 0 aromatic heterocycles. The van der Waals surface area contributed by atoms with Crippen molar-refractivity contribution in [3.05, 3.63) is 86.8 Å². The largest absolute Gasteiger partial charge is 0.493 e. The molecule has 1 aromatic carbocycles. The Morgan fingerprint density at radius 2 is 1.51 bits per heavy atom. The number of nitrogens with zero attached hydrogens (tertiary/aromatic N) is 4. The van der Waals surface area contributed by atoms with E-state index in [9.17, 15) is 15.8 Å². The van der Waals surface area contributed by atoms with Gasteiger partial charge in [-0.25, -0.2) is 0 Å². The van der Waals surface area contributed by atoms with Gasteiger partial charge in [-0.2, -0.15) is 15.8 Å². The monoisotopic (exact) mass is 815 g/mol. The number of ether oxygens (including phenoxy) is 2. The molecule has 0 saturated carbocycles. The fraction of sp³-hybridized carbons (Fsp3) is 0.588. The van der Waals surface area contributed by atoms with Crippen molar-refractivity contribution in [2.75, 3.05) is 31.2 Å². The van der Waals surface area contributed by atoms with Gasteiger partial charge in [0.15, 0.2) is 19.6 Å². The molecule has 0 radical (unpaired) electrons. The third kappa shape index (κ3) is 10.2. The highest BCUT2D eigenvalue weighted by molar-refractivity contribution is 6.74. The number of unbranched alkanes of at least 4 members (excludes halogenated alkanes) is 3. The first-order valence-corrected chi connectivity index (χ1v) is 24.8. The van der Waals surface area contributed by atoms with E-state index in [4.69, 9.17) is 13.9 Å². The molecule has 0 atom stereocenters. The maximum absolute atomic E-state index is 10.00. The first-order chi connectivity index (χ1) is 27.5. The van der Waals surface area contributed by atoms with E-state index in [2.05, 4.69) is 117 Å². The zero-order valence-electron chi connectivity index (χ0n) is 38.5. The summed E-state index contributed by atoms with van der Waals surface area (Å²) in [6, 6.07) is 8.36. The third-order valence-electron chi connectivity index (χ3n) is 13.4. The first kappa shape index (κ1) is 45.8. The van der Waals surface area contributed by atoms with Crippen molar-refractivity contribution in [1.82, 2.24) is 0 Å². The minimum absolute atomic E-state index is 0.0102. The van der Waals surface area contributed by atoms with Crippen LogP contribution in [-0.2, 0) is 20.0 Å². The van der Waals surface area contributed by atoms with E-state index in [1.165, 1.54) is 33.5 Å². The van der Waals surface area contributed by atoms with Gasteiger partial charge in [0.2, 0.25) is 0 Å². The lowest BCUT2D eigenvalue weighted by molar-refractivity contribution is 0.0954. The summed E-state index contributed by atoms with van der Waals surface area (Å²) in [5.41, 5.74) is 7.79.